The van der Waals surface area contributed by atoms with Crippen LogP contribution in [0, 0.1) is 0 Å². The van der Waals surface area contributed by atoms with E-state index in [9.17, 15) is 9.90 Å². The van der Waals surface area contributed by atoms with E-state index in [1.165, 1.54) is 0 Å². The van der Waals surface area contributed by atoms with E-state index < -0.39 is 12.0 Å². The van der Waals surface area contributed by atoms with Crippen LogP contribution in [0.2, 0.25) is 15.1 Å². The molecule has 6 heteroatoms. The minimum absolute atomic E-state index is 0.225. The topological polar surface area (TPSA) is 49.3 Å². The Hall–Kier alpha value is -1.42. The first kappa shape index (κ1) is 15.0. The lowest BCUT2D eigenvalue weighted by atomic mass is 10.1. The predicted octanol–water partition coefficient (Wildman–Crippen LogP) is 4.88. The summed E-state index contributed by atoms with van der Waals surface area (Å²) in [5, 5.41) is 13.4. The smallest absolute Gasteiger partial charge is 0.330 e. The van der Waals surface area contributed by atoms with Crippen LogP contribution in [-0.2, 0) is 4.79 Å². The van der Waals surface area contributed by atoms with Gasteiger partial charge in [0.15, 0.2) is 6.04 Å². The molecule has 0 saturated heterocycles. The van der Waals surface area contributed by atoms with Crippen molar-refractivity contribution in [2.75, 3.05) is 5.32 Å². The van der Waals surface area contributed by atoms with E-state index in [1.54, 1.807) is 42.5 Å². The maximum Gasteiger partial charge on any atom is 0.330 e. The number of hydrogen-bond acceptors (Lipinski definition) is 2. The highest BCUT2D eigenvalue weighted by atomic mass is 35.5. The van der Waals surface area contributed by atoms with E-state index in [0.29, 0.717) is 21.3 Å². The zero-order chi connectivity index (χ0) is 14.7. The molecule has 2 aromatic carbocycles. The normalized spacial score (nSPS) is 11.9. The van der Waals surface area contributed by atoms with Crippen LogP contribution in [0.25, 0.3) is 0 Å². The van der Waals surface area contributed by atoms with Gasteiger partial charge < -0.3 is 10.4 Å². The van der Waals surface area contributed by atoms with E-state index in [-0.39, 0.29) is 5.02 Å². The van der Waals surface area contributed by atoms with Gasteiger partial charge in [0, 0.05) is 16.3 Å². The molecule has 0 aliphatic heterocycles. The van der Waals surface area contributed by atoms with E-state index in [0.717, 1.165) is 0 Å². The quantitative estimate of drug-likeness (QED) is 0.839. The summed E-state index contributed by atoms with van der Waals surface area (Å²) >= 11 is 17.8. The Morgan fingerprint density at radius 2 is 1.70 bits per heavy atom. The highest BCUT2D eigenvalue weighted by molar-refractivity contribution is 6.42. The van der Waals surface area contributed by atoms with Crippen molar-refractivity contribution < 1.29 is 9.90 Å². The van der Waals surface area contributed by atoms with Gasteiger partial charge in [0.25, 0.3) is 0 Å². The number of halogens is 3. The molecule has 0 bridgehead atoms. The second kappa shape index (κ2) is 6.35. The number of aliphatic carboxylic acids is 1. The van der Waals surface area contributed by atoms with Crippen molar-refractivity contribution in [2.24, 2.45) is 0 Å². The van der Waals surface area contributed by atoms with Gasteiger partial charge >= 0.3 is 5.97 Å². The number of carbonyl (C=O) groups is 1. The zero-order valence-electron chi connectivity index (χ0n) is 10.1. The van der Waals surface area contributed by atoms with Gasteiger partial charge in [-0.05, 0) is 30.3 Å². The molecule has 2 N–H and O–H groups in total. The lowest BCUT2D eigenvalue weighted by molar-refractivity contribution is -0.138. The molecule has 0 amide bonds. The van der Waals surface area contributed by atoms with Crippen molar-refractivity contribution in [1.82, 2.24) is 0 Å². The number of benzene rings is 2. The number of anilines is 1. The standard InChI is InChI=1S/C14H10Cl3NO2/c15-8-4-6-9(7-5-8)18-13(14(19)20)10-2-1-3-11(16)12(10)17/h1-7,13,18H,(H,19,20). The van der Waals surface area contributed by atoms with Gasteiger partial charge in [-0.1, -0.05) is 46.9 Å². The Morgan fingerprint density at radius 1 is 1.05 bits per heavy atom. The van der Waals surface area contributed by atoms with E-state index >= 15 is 0 Å². The molecule has 0 spiro atoms. The van der Waals surface area contributed by atoms with Gasteiger partial charge in [-0.3, -0.25) is 0 Å². The van der Waals surface area contributed by atoms with E-state index in [2.05, 4.69) is 5.32 Å². The van der Waals surface area contributed by atoms with Crippen LogP contribution in [0.1, 0.15) is 11.6 Å². The predicted molar refractivity (Wildman–Crippen MR) is 81.9 cm³/mol. The first-order valence-corrected chi connectivity index (χ1v) is 6.81. The molecule has 0 radical (unpaired) electrons. The minimum Gasteiger partial charge on any atom is -0.479 e. The van der Waals surface area contributed by atoms with Crippen molar-refractivity contribution >= 4 is 46.5 Å². The molecular weight excluding hydrogens is 321 g/mol. The third-order valence-corrected chi connectivity index (χ3v) is 3.78. The summed E-state index contributed by atoms with van der Waals surface area (Å²) < 4.78 is 0. The minimum atomic E-state index is -1.05. The lowest BCUT2D eigenvalue weighted by Gasteiger charge is -2.18. The summed E-state index contributed by atoms with van der Waals surface area (Å²) in [5.74, 6) is -1.05. The van der Waals surface area contributed by atoms with Crippen LogP contribution in [0.4, 0.5) is 5.69 Å². The van der Waals surface area contributed by atoms with Gasteiger partial charge in [-0.15, -0.1) is 0 Å². The monoisotopic (exact) mass is 329 g/mol. The maximum atomic E-state index is 11.4. The zero-order valence-corrected chi connectivity index (χ0v) is 12.4. The Kier molecular flexibility index (Phi) is 4.76. The second-order valence-electron chi connectivity index (χ2n) is 4.07. The Labute approximate surface area is 131 Å². The second-order valence-corrected chi connectivity index (χ2v) is 5.29. The molecule has 0 aromatic heterocycles. The molecule has 0 aliphatic carbocycles. The average molecular weight is 331 g/mol. The third-order valence-electron chi connectivity index (χ3n) is 2.69. The van der Waals surface area contributed by atoms with Crippen LogP contribution < -0.4 is 5.32 Å². The molecule has 1 unspecified atom stereocenters. The SMILES string of the molecule is O=C(O)C(Nc1ccc(Cl)cc1)c1cccc(Cl)c1Cl. The van der Waals surface area contributed by atoms with Crippen LogP contribution in [-0.4, -0.2) is 11.1 Å². The fourth-order valence-electron chi connectivity index (χ4n) is 1.73. The number of rotatable bonds is 4. The van der Waals surface area contributed by atoms with Gasteiger partial charge in [-0.25, -0.2) is 4.79 Å². The van der Waals surface area contributed by atoms with Crippen LogP contribution in [0.15, 0.2) is 42.5 Å². The fourth-order valence-corrected chi connectivity index (χ4v) is 2.27. The number of carboxylic acid groups (broad SMARTS) is 1. The van der Waals surface area contributed by atoms with Crippen molar-refractivity contribution in [3.63, 3.8) is 0 Å². The molecule has 104 valence electrons. The highest BCUT2D eigenvalue weighted by Crippen LogP contribution is 2.32. The Morgan fingerprint density at radius 3 is 2.30 bits per heavy atom. The maximum absolute atomic E-state index is 11.4. The first-order valence-electron chi connectivity index (χ1n) is 5.68. The summed E-state index contributed by atoms with van der Waals surface area (Å²) in [5.41, 5.74) is 1.03. The molecular formula is C14H10Cl3NO2. The largest absolute Gasteiger partial charge is 0.479 e. The summed E-state index contributed by atoms with van der Waals surface area (Å²) in [6.45, 7) is 0. The summed E-state index contributed by atoms with van der Waals surface area (Å²) in [4.78, 5) is 11.4. The first-order chi connectivity index (χ1) is 9.49. The number of hydrogen-bond donors (Lipinski definition) is 2. The molecule has 20 heavy (non-hydrogen) atoms. The third kappa shape index (κ3) is 3.37. The van der Waals surface area contributed by atoms with E-state index in [1.807, 2.05) is 0 Å². The molecule has 3 nitrogen and oxygen atoms in total. The fraction of sp³-hybridized carbons (Fsp3) is 0.0714. The van der Waals surface area contributed by atoms with Crippen molar-refractivity contribution in [2.45, 2.75) is 6.04 Å². The van der Waals surface area contributed by atoms with E-state index in [4.69, 9.17) is 34.8 Å². The van der Waals surface area contributed by atoms with Gasteiger partial charge in [-0.2, -0.15) is 0 Å². The van der Waals surface area contributed by atoms with Crippen LogP contribution >= 0.6 is 34.8 Å². The van der Waals surface area contributed by atoms with Gasteiger partial charge in [0.05, 0.1) is 10.0 Å². The highest BCUT2D eigenvalue weighted by Gasteiger charge is 2.23. The van der Waals surface area contributed by atoms with Crippen molar-refractivity contribution in [3.8, 4) is 0 Å². The number of carboxylic acids is 1. The Bertz CT molecular complexity index is 629. The summed E-state index contributed by atoms with van der Waals surface area (Å²) in [6, 6.07) is 10.6. The Balaban J connectivity index is 2.34. The lowest BCUT2D eigenvalue weighted by Crippen LogP contribution is -2.20. The van der Waals surface area contributed by atoms with Crippen LogP contribution in [0.3, 0.4) is 0 Å². The van der Waals surface area contributed by atoms with Crippen molar-refractivity contribution in [1.29, 1.82) is 0 Å². The molecule has 2 rings (SSSR count). The molecule has 2 aromatic rings. The van der Waals surface area contributed by atoms with Gasteiger partial charge in [0.1, 0.15) is 0 Å². The molecule has 0 fully saturated rings. The molecule has 0 heterocycles. The summed E-state index contributed by atoms with van der Waals surface area (Å²) in [7, 11) is 0. The number of nitrogens with one attached hydrogen (secondary N) is 1. The summed E-state index contributed by atoms with van der Waals surface area (Å²) in [6.07, 6.45) is 0. The van der Waals surface area contributed by atoms with Crippen molar-refractivity contribution in [3.05, 3.63) is 63.1 Å². The molecule has 0 aliphatic rings. The average Bonchev–Trinajstić information content (AvgIpc) is 2.41. The van der Waals surface area contributed by atoms with Gasteiger partial charge in [0.2, 0.25) is 0 Å². The van der Waals surface area contributed by atoms with Crippen LogP contribution in [0.5, 0.6) is 0 Å². The molecule has 1 atom stereocenters. The molecule has 0 saturated carbocycles.